The summed E-state index contributed by atoms with van der Waals surface area (Å²) >= 11 is 0. The molecular formula is C34H23NO8. The highest BCUT2D eigenvalue weighted by atomic mass is 16.5. The van der Waals surface area contributed by atoms with E-state index in [4.69, 9.17) is 9.47 Å². The van der Waals surface area contributed by atoms with E-state index in [0.717, 1.165) is 10.8 Å². The first-order valence-corrected chi connectivity index (χ1v) is 13.0. The number of benzene rings is 5. The Hall–Kier alpha value is -6.09. The molecule has 0 heterocycles. The molecule has 9 nitrogen and oxygen atoms in total. The lowest BCUT2D eigenvalue weighted by atomic mass is 10.00. The highest BCUT2D eigenvalue weighted by Gasteiger charge is 2.20. The molecule has 5 aromatic carbocycles. The Morgan fingerprint density at radius 3 is 1.88 bits per heavy atom. The normalized spacial score (nSPS) is 10.5. The van der Waals surface area contributed by atoms with E-state index < -0.39 is 23.5 Å². The molecule has 5 aromatic rings. The Kier molecular flexibility index (Phi) is 8.06. The van der Waals surface area contributed by atoms with Crippen LogP contribution in [0.4, 0.5) is 5.69 Å². The molecule has 0 aliphatic rings. The summed E-state index contributed by atoms with van der Waals surface area (Å²) in [6.07, 6.45) is 0. The Bertz CT molecular complexity index is 1890. The van der Waals surface area contributed by atoms with Gasteiger partial charge in [-0.15, -0.1) is 0 Å². The van der Waals surface area contributed by atoms with Crippen LogP contribution in [-0.2, 0) is 4.79 Å². The van der Waals surface area contributed by atoms with E-state index in [1.807, 2.05) is 0 Å². The first kappa shape index (κ1) is 28.4. The van der Waals surface area contributed by atoms with E-state index in [9.17, 15) is 29.1 Å². The number of anilines is 1. The van der Waals surface area contributed by atoms with Crippen molar-refractivity contribution in [3.63, 3.8) is 0 Å². The Morgan fingerprint density at radius 1 is 0.581 bits per heavy atom. The van der Waals surface area contributed by atoms with Crippen molar-refractivity contribution in [2.24, 2.45) is 0 Å². The quantitative estimate of drug-likeness (QED) is 0.0997. The fraction of sp³-hybridized carbons (Fsp3) is 0.0294. The molecule has 43 heavy (non-hydrogen) atoms. The number of hydrogen-bond acceptors (Lipinski definition) is 8. The molecule has 0 spiro atoms. The number of carbonyl (C=O) groups is 5. The molecule has 0 radical (unpaired) electrons. The minimum Gasteiger partial charge on any atom is -0.508 e. The smallest absolute Gasteiger partial charge is 0.343 e. The van der Waals surface area contributed by atoms with Crippen molar-refractivity contribution in [2.45, 2.75) is 6.92 Å². The summed E-state index contributed by atoms with van der Waals surface area (Å²) in [5, 5.41) is 14.0. The van der Waals surface area contributed by atoms with Crippen LogP contribution in [0.3, 0.4) is 0 Å². The summed E-state index contributed by atoms with van der Waals surface area (Å²) in [6.45, 7) is 1.25. The Balaban J connectivity index is 1.21. The maximum Gasteiger partial charge on any atom is 0.343 e. The van der Waals surface area contributed by atoms with E-state index in [-0.39, 0.29) is 39.8 Å². The second-order valence-electron chi connectivity index (χ2n) is 9.47. The van der Waals surface area contributed by atoms with Crippen LogP contribution in [0.2, 0.25) is 0 Å². The molecule has 0 saturated heterocycles. The van der Waals surface area contributed by atoms with Crippen LogP contribution < -0.4 is 14.8 Å². The van der Waals surface area contributed by atoms with Crippen molar-refractivity contribution >= 4 is 45.9 Å². The minimum atomic E-state index is -0.820. The van der Waals surface area contributed by atoms with E-state index in [1.54, 1.807) is 48.5 Å². The van der Waals surface area contributed by atoms with Crippen LogP contribution in [-0.4, -0.2) is 34.5 Å². The number of carbonyl (C=O) groups excluding carboxylic acids is 5. The zero-order valence-electron chi connectivity index (χ0n) is 22.7. The summed E-state index contributed by atoms with van der Waals surface area (Å²) in [7, 11) is 0. The zero-order chi connectivity index (χ0) is 30.5. The van der Waals surface area contributed by atoms with Gasteiger partial charge in [-0.3, -0.25) is 19.2 Å². The highest BCUT2D eigenvalue weighted by molar-refractivity contribution is 6.49. The van der Waals surface area contributed by atoms with E-state index >= 15 is 0 Å². The summed E-state index contributed by atoms with van der Waals surface area (Å²) in [5.74, 6) is -2.62. The van der Waals surface area contributed by atoms with Crippen molar-refractivity contribution in [3.05, 3.63) is 131 Å². The van der Waals surface area contributed by atoms with Gasteiger partial charge in [0.05, 0.1) is 5.56 Å². The molecule has 5 rings (SSSR count). The van der Waals surface area contributed by atoms with Gasteiger partial charge in [-0.1, -0.05) is 24.3 Å². The maximum atomic E-state index is 12.8. The zero-order valence-corrected chi connectivity index (χ0v) is 22.7. The predicted molar refractivity (Wildman–Crippen MR) is 158 cm³/mol. The lowest BCUT2D eigenvalue weighted by molar-refractivity contribution is -0.131. The number of hydrogen-bond donors (Lipinski definition) is 2. The van der Waals surface area contributed by atoms with Gasteiger partial charge in [0.15, 0.2) is 0 Å². The van der Waals surface area contributed by atoms with Crippen molar-refractivity contribution in [2.75, 3.05) is 5.32 Å². The summed E-state index contributed by atoms with van der Waals surface area (Å²) in [6, 6.07) is 27.3. The fourth-order valence-corrected chi connectivity index (χ4v) is 4.24. The van der Waals surface area contributed by atoms with Gasteiger partial charge in [-0.25, -0.2) is 4.79 Å². The SMILES string of the molecule is CC(=O)Oc1ccc(C(=O)C(=O)c2cccc(C(=O)Oc3ccc(NC(=O)c4ccc5cc(O)ccc5c4)cc3)c2)cc1. The summed E-state index contributed by atoms with van der Waals surface area (Å²) < 4.78 is 10.3. The number of Topliss-reactive ketones (excluding diaryl/α,β-unsaturated/α-hetero) is 2. The van der Waals surface area contributed by atoms with Crippen LogP contribution in [0.1, 0.15) is 48.4 Å². The summed E-state index contributed by atoms with van der Waals surface area (Å²) in [4.78, 5) is 62.1. The van der Waals surface area contributed by atoms with Gasteiger partial charge >= 0.3 is 11.9 Å². The molecule has 0 aliphatic carbocycles. The summed E-state index contributed by atoms with van der Waals surface area (Å²) in [5.41, 5.74) is 1.07. The molecule has 0 atom stereocenters. The third-order valence-corrected chi connectivity index (χ3v) is 6.35. The number of esters is 2. The van der Waals surface area contributed by atoms with Gasteiger partial charge in [0.25, 0.3) is 5.91 Å². The van der Waals surface area contributed by atoms with Crippen LogP contribution >= 0.6 is 0 Å². The first-order chi connectivity index (χ1) is 20.7. The minimum absolute atomic E-state index is 0.00654. The number of phenolic OH excluding ortho intramolecular Hbond substituents is 1. The average Bonchev–Trinajstić information content (AvgIpc) is 3.01. The fourth-order valence-electron chi connectivity index (χ4n) is 4.24. The van der Waals surface area contributed by atoms with Gasteiger partial charge in [0.1, 0.15) is 17.2 Å². The van der Waals surface area contributed by atoms with Crippen LogP contribution in [0.5, 0.6) is 17.2 Å². The van der Waals surface area contributed by atoms with E-state index in [1.165, 1.54) is 67.6 Å². The van der Waals surface area contributed by atoms with Gasteiger partial charge < -0.3 is 19.9 Å². The molecule has 0 unspecified atom stereocenters. The number of ketones is 2. The Labute approximate surface area is 245 Å². The van der Waals surface area contributed by atoms with Gasteiger partial charge in [-0.2, -0.15) is 0 Å². The molecule has 0 bridgehead atoms. The standard InChI is InChI=1S/C34H23NO8/c1-20(36)42-29-13-8-21(9-14-29)31(38)32(39)24-3-2-4-26(18-24)34(41)43-30-15-10-27(11-16-30)35-33(40)25-6-5-23-19-28(37)12-7-22(23)17-25/h2-19,37H,1H3,(H,35,40). The van der Waals surface area contributed by atoms with Crippen molar-refractivity contribution in [1.29, 1.82) is 0 Å². The van der Waals surface area contributed by atoms with Gasteiger partial charge in [0, 0.05) is 29.3 Å². The molecule has 2 N–H and O–H groups in total. The van der Waals surface area contributed by atoms with E-state index in [0.29, 0.717) is 11.3 Å². The lowest BCUT2D eigenvalue weighted by Crippen LogP contribution is -2.16. The number of amides is 1. The monoisotopic (exact) mass is 573 g/mol. The van der Waals surface area contributed by atoms with Crippen molar-refractivity contribution < 1.29 is 38.6 Å². The van der Waals surface area contributed by atoms with Gasteiger partial charge in [0.2, 0.25) is 11.6 Å². The largest absolute Gasteiger partial charge is 0.508 e. The average molecular weight is 574 g/mol. The number of phenols is 1. The molecule has 0 aliphatic heterocycles. The van der Waals surface area contributed by atoms with E-state index in [2.05, 4.69) is 5.32 Å². The molecule has 9 heteroatoms. The number of fused-ring (bicyclic) bond motifs is 1. The number of nitrogens with one attached hydrogen (secondary N) is 1. The molecular weight excluding hydrogens is 550 g/mol. The molecule has 212 valence electrons. The molecule has 0 aromatic heterocycles. The first-order valence-electron chi connectivity index (χ1n) is 13.0. The predicted octanol–water partition coefficient (Wildman–Crippen LogP) is 6.01. The number of rotatable bonds is 8. The molecule has 0 saturated carbocycles. The lowest BCUT2D eigenvalue weighted by Gasteiger charge is -2.09. The maximum absolute atomic E-state index is 12.8. The van der Waals surface area contributed by atoms with Crippen molar-refractivity contribution in [1.82, 2.24) is 0 Å². The van der Waals surface area contributed by atoms with Crippen LogP contribution in [0.25, 0.3) is 10.8 Å². The molecule has 0 fully saturated rings. The Morgan fingerprint density at radius 2 is 1.16 bits per heavy atom. The van der Waals surface area contributed by atoms with Crippen LogP contribution in [0.15, 0.2) is 109 Å². The molecule has 1 amide bonds. The highest BCUT2D eigenvalue weighted by Crippen LogP contribution is 2.23. The third kappa shape index (κ3) is 6.80. The third-order valence-electron chi connectivity index (χ3n) is 6.35. The number of aromatic hydroxyl groups is 1. The second-order valence-corrected chi connectivity index (χ2v) is 9.47. The topological polar surface area (TPSA) is 136 Å². The second kappa shape index (κ2) is 12.2. The van der Waals surface area contributed by atoms with Gasteiger partial charge in [-0.05, 0) is 95.7 Å². The van der Waals surface area contributed by atoms with Crippen molar-refractivity contribution in [3.8, 4) is 17.2 Å². The number of ether oxygens (including phenoxy) is 2. The van der Waals surface area contributed by atoms with Crippen LogP contribution in [0, 0.1) is 0 Å².